The van der Waals surface area contributed by atoms with Crippen LogP contribution in [0.3, 0.4) is 0 Å². The van der Waals surface area contributed by atoms with Crippen LogP contribution < -0.4 is 10.1 Å². The Kier molecular flexibility index (Phi) is 6.50. The molecule has 1 aliphatic rings. The van der Waals surface area contributed by atoms with E-state index in [0.717, 1.165) is 41.8 Å². The highest BCUT2D eigenvalue weighted by Crippen LogP contribution is 2.37. The number of thiocarbonyl (C=S) groups is 1. The number of methoxy groups -OCH3 is 1. The molecule has 8 heteroatoms. The molecular weight excluding hydrogens is 427 g/mol. The van der Waals surface area contributed by atoms with Crippen molar-refractivity contribution in [3.05, 3.63) is 71.5 Å². The fraction of sp³-hybridized carbons (Fsp3) is 0.292. The quantitative estimate of drug-likeness (QED) is 0.485. The first kappa shape index (κ1) is 22.0. The summed E-state index contributed by atoms with van der Waals surface area (Å²) in [5.74, 6) is 1.21. The fourth-order valence-corrected chi connectivity index (χ4v) is 4.14. The van der Waals surface area contributed by atoms with Gasteiger partial charge < -0.3 is 19.5 Å². The number of benzene rings is 2. The van der Waals surface area contributed by atoms with E-state index in [1.165, 1.54) is 12.1 Å². The molecule has 1 atom stereocenters. The maximum atomic E-state index is 14.0. The normalized spacial score (nSPS) is 16.3. The van der Waals surface area contributed by atoms with Crippen molar-refractivity contribution < 1.29 is 13.7 Å². The second-order valence-electron chi connectivity index (χ2n) is 7.60. The van der Waals surface area contributed by atoms with E-state index in [9.17, 15) is 4.39 Å². The lowest BCUT2D eigenvalue weighted by Crippen LogP contribution is -2.46. The molecule has 2 aromatic carbocycles. The largest absolute Gasteiger partial charge is 0.497 e. The van der Waals surface area contributed by atoms with Crippen LogP contribution in [0.15, 0.2) is 58.8 Å². The number of halogens is 1. The van der Waals surface area contributed by atoms with Crippen molar-refractivity contribution in [2.45, 2.75) is 32.7 Å². The van der Waals surface area contributed by atoms with Gasteiger partial charge >= 0.3 is 0 Å². The summed E-state index contributed by atoms with van der Waals surface area (Å²) in [5.41, 5.74) is 3.21. The number of hydrogen-bond acceptors (Lipinski definition) is 5. The molecule has 3 aromatic rings. The molecule has 0 saturated carbocycles. The number of unbranched alkanes of at least 4 members (excludes halogenated alkanes) is 1. The molecular formula is C24H25FN4O2S. The van der Waals surface area contributed by atoms with E-state index >= 15 is 0 Å². The molecule has 1 aromatic heterocycles. The summed E-state index contributed by atoms with van der Waals surface area (Å²) in [6.07, 6.45) is 2.02. The zero-order valence-corrected chi connectivity index (χ0v) is 19.1. The summed E-state index contributed by atoms with van der Waals surface area (Å²) >= 11 is 5.65. The molecule has 1 unspecified atom stereocenters. The number of nitrogens with zero attached hydrogens (tertiary/aromatic N) is 3. The monoisotopic (exact) mass is 452 g/mol. The zero-order chi connectivity index (χ0) is 22.7. The molecule has 6 nitrogen and oxygen atoms in total. The molecule has 0 radical (unpaired) electrons. The number of hydrogen-bond donors (Lipinski definition) is 1. The van der Waals surface area contributed by atoms with Crippen LogP contribution in [-0.4, -0.2) is 33.8 Å². The van der Waals surface area contributed by atoms with E-state index in [-0.39, 0.29) is 5.82 Å². The second-order valence-corrected chi connectivity index (χ2v) is 7.98. The lowest BCUT2D eigenvalue weighted by atomic mass is 9.94. The molecule has 0 bridgehead atoms. The van der Waals surface area contributed by atoms with Crippen LogP contribution in [-0.2, 0) is 0 Å². The van der Waals surface area contributed by atoms with Crippen LogP contribution >= 0.6 is 12.2 Å². The Morgan fingerprint density at radius 2 is 2.03 bits per heavy atom. The number of nitrogens with one attached hydrogen (secondary N) is 1. The third kappa shape index (κ3) is 4.36. The molecule has 0 spiro atoms. The van der Waals surface area contributed by atoms with Gasteiger partial charge in [0.05, 0.1) is 18.7 Å². The number of aromatic nitrogens is 2. The highest BCUT2D eigenvalue weighted by atomic mass is 32.1. The highest BCUT2D eigenvalue weighted by Gasteiger charge is 2.34. The van der Waals surface area contributed by atoms with Crippen molar-refractivity contribution in [2.75, 3.05) is 13.7 Å². The Morgan fingerprint density at radius 3 is 2.78 bits per heavy atom. The van der Waals surface area contributed by atoms with Crippen molar-refractivity contribution in [1.82, 2.24) is 20.4 Å². The van der Waals surface area contributed by atoms with Gasteiger partial charge in [0.15, 0.2) is 5.11 Å². The molecule has 166 valence electrons. The SMILES string of the molecule is CCCCN1C(=S)NC(c2cccc(F)c2)C(c2nc(-c3cccc(OC)c3)no2)=C1C. The summed E-state index contributed by atoms with van der Waals surface area (Å²) in [7, 11) is 1.61. The highest BCUT2D eigenvalue weighted by molar-refractivity contribution is 7.80. The van der Waals surface area contributed by atoms with Crippen molar-refractivity contribution in [1.29, 1.82) is 0 Å². The van der Waals surface area contributed by atoms with E-state index in [1.807, 2.05) is 42.2 Å². The van der Waals surface area contributed by atoms with E-state index in [0.29, 0.717) is 22.6 Å². The smallest absolute Gasteiger partial charge is 0.258 e. The number of allylic oxidation sites excluding steroid dienone is 1. The van der Waals surface area contributed by atoms with Crippen molar-refractivity contribution >= 4 is 22.9 Å². The molecule has 0 fully saturated rings. The topological polar surface area (TPSA) is 63.4 Å². The Bertz CT molecular complexity index is 1160. The van der Waals surface area contributed by atoms with E-state index in [4.69, 9.17) is 21.5 Å². The predicted octanol–water partition coefficient (Wildman–Crippen LogP) is 5.35. The maximum Gasteiger partial charge on any atom is 0.258 e. The minimum absolute atomic E-state index is 0.316. The van der Waals surface area contributed by atoms with Gasteiger partial charge in [-0.15, -0.1) is 0 Å². The molecule has 32 heavy (non-hydrogen) atoms. The van der Waals surface area contributed by atoms with Gasteiger partial charge in [-0.3, -0.25) is 0 Å². The molecule has 4 rings (SSSR count). The minimum atomic E-state index is -0.408. The Labute approximate surface area is 192 Å². The number of rotatable bonds is 7. The Balaban J connectivity index is 1.80. The van der Waals surface area contributed by atoms with Gasteiger partial charge in [0, 0.05) is 17.8 Å². The van der Waals surface area contributed by atoms with Crippen molar-refractivity contribution in [3.63, 3.8) is 0 Å². The lowest BCUT2D eigenvalue weighted by molar-refractivity contribution is 0.395. The van der Waals surface area contributed by atoms with E-state index in [2.05, 4.69) is 22.4 Å². The molecule has 0 amide bonds. The van der Waals surface area contributed by atoms with Gasteiger partial charge in [-0.25, -0.2) is 4.39 Å². The van der Waals surface area contributed by atoms with Crippen LogP contribution in [0, 0.1) is 5.82 Å². The van der Waals surface area contributed by atoms with Gasteiger partial charge in [-0.2, -0.15) is 4.98 Å². The van der Waals surface area contributed by atoms with Gasteiger partial charge in [-0.05, 0) is 55.4 Å². The average molecular weight is 453 g/mol. The average Bonchev–Trinajstić information content (AvgIpc) is 3.28. The first-order valence-corrected chi connectivity index (χ1v) is 11.0. The van der Waals surface area contributed by atoms with Gasteiger partial charge in [0.25, 0.3) is 5.89 Å². The van der Waals surface area contributed by atoms with Crippen LogP contribution in [0.5, 0.6) is 5.75 Å². The van der Waals surface area contributed by atoms with Crippen molar-refractivity contribution in [2.24, 2.45) is 0 Å². The maximum absolute atomic E-state index is 14.0. The molecule has 0 aliphatic carbocycles. The lowest BCUT2D eigenvalue weighted by Gasteiger charge is -2.37. The van der Waals surface area contributed by atoms with Crippen LogP contribution in [0.1, 0.15) is 44.2 Å². The fourth-order valence-electron chi connectivity index (χ4n) is 3.79. The second kappa shape index (κ2) is 9.48. The first-order chi connectivity index (χ1) is 15.5. The number of ether oxygens (including phenoxy) is 1. The van der Waals surface area contributed by atoms with E-state index in [1.54, 1.807) is 13.2 Å². The van der Waals surface area contributed by atoms with Gasteiger partial charge in [0.2, 0.25) is 5.82 Å². The molecule has 1 N–H and O–H groups in total. The first-order valence-electron chi connectivity index (χ1n) is 10.5. The van der Waals surface area contributed by atoms with E-state index < -0.39 is 6.04 Å². The third-order valence-corrected chi connectivity index (χ3v) is 5.84. The summed E-state index contributed by atoms with van der Waals surface area (Å²) in [6.45, 7) is 4.89. The van der Waals surface area contributed by atoms with Crippen molar-refractivity contribution in [3.8, 4) is 17.1 Å². The summed E-state index contributed by atoms with van der Waals surface area (Å²) in [5, 5.41) is 8.14. The van der Waals surface area contributed by atoms with Crippen LogP contribution in [0.4, 0.5) is 4.39 Å². The summed E-state index contributed by atoms with van der Waals surface area (Å²) in [6, 6.07) is 13.5. The Morgan fingerprint density at radius 1 is 1.22 bits per heavy atom. The summed E-state index contributed by atoms with van der Waals surface area (Å²) < 4.78 is 25.0. The minimum Gasteiger partial charge on any atom is -0.497 e. The third-order valence-electron chi connectivity index (χ3n) is 5.50. The summed E-state index contributed by atoms with van der Waals surface area (Å²) in [4.78, 5) is 6.71. The molecule has 2 heterocycles. The zero-order valence-electron chi connectivity index (χ0n) is 18.3. The van der Waals surface area contributed by atoms with Crippen LogP contribution in [0.2, 0.25) is 0 Å². The Hall–Kier alpha value is -3.26. The molecule has 1 aliphatic heterocycles. The van der Waals surface area contributed by atoms with Gasteiger partial charge in [-0.1, -0.05) is 42.8 Å². The predicted molar refractivity (Wildman–Crippen MR) is 125 cm³/mol. The molecule has 0 saturated heterocycles. The van der Waals surface area contributed by atoms with Gasteiger partial charge in [0.1, 0.15) is 11.6 Å². The standard InChI is InChI=1S/C24H25FN4O2S/c1-4-5-12-29-15(2)20(21(26-24(29)32)16-8-6-10-18(25)13-16)23-27-22(28-31-23)17-9-7-11-19(14-17)30-3/h6-11,13-14,21H,4-5,12H2,1-3H3,(H,26,32). The van der Waals surface area contributed by atoms with Crippen LogP contribution in [0.25, 0.3) is 17.0 Å².